The van der Waals surface area contributed by atoms with E-state index in [1.807, 2.05) is 0 Å². The van der Waals surface area contributed by atoms with Crippen molar-refractivity contribution >= 4 is 0 Å². The molecule has 0 amide bonds. The van der Waals surface area contributed by atoms with E-state index in [9.17, 15) is 0 Å². The van der Waals surface area contributed by atoms with Crippen molar-refractivity contribution in [3.05, 3.63) is 59.7 Å². The SMILES string of the molecule is C[C@H](c1ccc(-c2ccccc2CN2CCNCC2)cc1)N1CCOCC1. The van der Waals surface area contributed by atoms with Gasteiger partial charge in [0.05, 0.1) is 13.2 Å². The van der Waals surface area contributed by atoms with Crippen LogP contribution in [-0.4, -0.2) is 62.3 Å². The van der Waals surface area contributed by atoms with Crippen LogP contribution >= 0.6 is 0 Å². The highest BCUT2D eigenvalue weighted by Gasteiger charge is 2.18. The first-order chi connectivity index (χ1) is 13.3. The topological polar surface area (TPSA) is 27.7 Å². The van der Waals surface area contributed by atoms with Crippen LogP contribution in [-0.2, 0) is 11.3 Å². The maximum atomic E-state index is 5.49. The van der Waals surface area contributed by atoms with Gasteiger partial charge in [-0.15, -0.1) is 0 Å². The van der Waals surface area contributed by atoms with Gasteiger partial charge < -0.3 is 10.1 Å². The number of rotatable bonds is 5. The lowest BCUT2D eigenvalue weighted by Gasteiger charge is -2.32. The number of nitrogens with one attached hydrogen (secondary N) is 1. The lowest BCUT2D eigenvalue weighted by molar-refractivity contribution is 0.0198. The summed E-state index contributed by atoms with van der Waals surface area (Å²) in [5.74, 6) is 0. The van der Waals surface area contributed by atoms with Gasteiger partial charge in [0, 0.05) is 51.9 Å². The molecule has 0 saturated carbocycles. The van der Waals surface area contributed by atoms with Gasteiger partial charge in [-0.05, 0) is 29.2 Å². The second-order valence-corrected chi connectivity index (χ2v) is 7.63. The predicted octanol–water partition coefficient (Wildman–Crippen LogP) is 3.15. The third kappa shape index (κ3) is 4.58. The fourth-order valence-electron chi connectivity index (χ4n) is 4.17. The molecule has 0 aliphatic carbocycles. The van der Waals surface area contributed by atoms with E-state index in [-0.39, 0.29) is 0 Å². The van der Waals surface area contributed by atoms with Crippen LogP contribution in [0.3, 0.4) is 0 Å². The lowest BCUT2D eigenvalue weighted by atomic mass is 9.96. The Hall–Kier alpha value is -1.72. The van der Waals surface area contributed by atoms with Crippen LogP contribution in [0.15, 0.2) is 48.5 Å². The van der Waals surface area contributed by atoms with Crippen LogP contribution < -0.4 is 5.32 Å². The summed E-state index contributed by atoms with van der Waals surface area (Å²) in [7, 11) is 0. The number of morpholine rings is 1. The zero-order chi connectivity index (χ0) is 18.5. The van der Waals surface area contributed by atoms with E-state index in [1.54, 1.807) is 0 Å². The van der Waals surface area contributed by atoms with E-state index in [1.165, 1.54) is 22.3 Å². The molecule has 0 spiro atoms. The van der Waals surface area contributed by atoms with E-state index >= 15 is 0 Å². The summed E-state index contributed by atoms with van der Waals surface area (Å²) in [6.45, 7) is 11.5. The highest BCUT2D eigenvalue weighted by molar-refractivity contribution is 5.67. The number of benzene rings is 2. The molecule has 0 radical (unpaired) electrons. The average molecular weight is 366 g/mol. The first-order valence-electron chi connectivity index (χ1n) is 10.2. The Balaban J connectivity index is 1.50. The molecule has 2 aromatic rings. The van der Waals surface area contributed by atoms with Crippen molar-refractivity contribution in [3.8, 4) is 11.1 Å². The molecule has 2 fully saturated rings. The van der Waals surface area contributed by atoms with E-state index in [0.29, 0.717) is 6.04 Å². The maximum Gasteiger partial charge on any atom is 0.0594 e. The molecule has 0 bridgehead atoms. The van der Waals surface area contributed by atoms with Crippen molar-refractivity contribution < 1.29 is 4.74 Å². The van der Waals surface area contributed by atoms with Crippen LogP contribution in [0, 0.1) is 0 Å². The van der Waals surface area contributed by atoms with Crippen molar-refractivity contribution in [2.24, 2.45) is 0 Å². The molecule has 2 saturated heterocycles. The van der Waals surface area contributed by atoms with E-state index in [0.717, 1.165) is 59.0 Å². The number of nitrogens with zero attached hydrogens (tertiary/aromatic N) is 2. The van der Waals surface area contributed by atoms with Crippen molar-refractivity contribution in [1.82, 2.24) is 15.1 Å². The van der Waals surface area contributed by atoms with Gasteiger partial charge in [-0.25, -0.2) is 0 Å². The first kappa shape index (κ1) is 18.6. The number of hydrogen-bond donors (Lipinski definition) is 1. The van der Waals surface area contributed by atoms with Crippen molar-refractivity contribution in [3.63, 3.8) is 0 Å². The van der Waals surface area contributed by atoms with Gasteiger partial charge in [0.1, 0.15) is 0 Å². The molecule has 2 heterocycles. The van der Waals surface area contributed by atoms with Gasteiger partial charge in [0.25, 0.3) is 0 Å². The summed E-state index contributed by atoms with van der Waals surface area (Å²) in [6, 6.07) is 18.5. The zero-order valence-corrected chi connectivity index (χ0v) is 16.4. The van der Waals surface area contributed by atoms with E-state index in [4.69, 9.17) is 4.74 Å². The standard InChI is InChI=1S/C23H31N3O/c1-19(26-14-16-27-17-15-26)20-6-8-21(9-7-20)23-5-3-2-4-22(23)18-25-12-10-24-11-13-25/h2-9,19,24H,10-18H2,1H3/t19-/m1/s1. The third-order valence-corrected chi connectivity index (χ3v) is 5.92. The molecular formula is C23H31N3O. The zero-order valence-electron chi connectivity index (χ0n) is 16.4. The molecule has 0 unspecified atom stereocenters. The maximum absolute atomic E-state index is 5.49. The number of ether oxygens (including phenoxy) is 1. The summed E-state index contributed by atoms with van der Waals surface area (Å²) in [4.78, 5) is 5.06. The minimum Gasteiger partial charge on any atom is -0.379 e. The van der Waals surface area contributed by atoms with Crippen LogP contribution in [0.4, 0.5) is 0 Å². The Morgan fingerprint density at radius 2 is 1.63 bits per heavy atom. The monoisotopic (exact) mass is 365 g/mol. The summed E-state index contributed by atoms with van der Waals surface area (Å²) in [5, 5.41) is 3.44. The first-order valence-corrected chi connectivity index (χ1v) is 10.2. The highest BCUT2D eigenvalue weighted by Crippen LogP contribution is 2.28. The van der Waals surface area contributed by atoms with Gasteiger partial charge in [-0.1, -0.05) is 48.5 Å². The Morgan fingerprint density at radius 3 is 2.37 bits per heavy atom. The summed E-state index contributed by atoms with van der Waals surface area (Å²) in [6.07, 6.45) is 0. The molecule has 4 rings (SSSR count). The number of hydrogen-bond acceptors (Lipinski definition) is 4. The molecule has 27 heavy (non-hydrogen) atoms. The quantitative estimate of drug-likeness (QED) is 0.881. The fourth-order valence-corrected chi connectivity index (χ4v) is 4.17. The second-order valence-electron chi connectivity index (χ2n) is 7.63. The van der Waals surface area contributed by atoms with Crippen molar-refractivity contribution in [2.75, 3.05) is 52.5 Å². The summed E-state index contributed by atoms with van der Waals surface area (Å²) >= 11 is 0. The van der Waals surface area contributed by atoms with Gasteiger partial charge in [-0.2, -0.15) is 0 Å². The summed E-state index contributed by atoms with van der Waals surface area (Å²) < 4.78 is 5.49. The van der Waals surface area contributed by atoms with Gasteiger partial charge in [0.2, 0.25) is 0 Å². The molecular weight excluding hydrogens is 334 g/mol. The average Bonchev–Trinajstić information content (AvgIpc) is 2.75. The van der Waals surface area contributed by atoms with Gasteiger partial charge >= 0.3 is 0 Å². The smallest absolute Gasteiger partial charge is 0.0594 e. The van der Waals surface area contributed by atoms with Gasteiger partial charge in [0.15, 0.2) is 0 Å². The van der Waals surface area contributed by atoms with Crippen LogP contribution in [0.2, 0.25) is 0 Å². The summed E-state index contributed by atoms with van der Waals surface area (Å²) in [5.41, 5.74) is 5.49. The lowest BCUT2D eigenvalue weighted by Crippen LogP contribution is -2.42. The minimum atomic E-state index is 0.444. The third-order valence-electron chi connectivity index (χ3n) is 5.92. The molecule has 2 aromatic carbocycles. The van der Waals surface area contributed by atoms with Crippen LogP contribution in [0.1, 0.15) is 24.1 Å². The van der Waals surface area contributed by atoms with E-state index < -0.39 is 0 Å². The second kappa shape index (κ2) is 8.98. The highest BCUT2D eigenvalue weighted by atomic mass is 16.5. The number of piperazine rings is 1. The molecule has 2 aliphatic rings. The Morgan fingerprint density at radius 1 is 0.926 bits per heavy atom. The molecule has 1 atom stereocenters. The van der Waals surface area contributed by atoms with Crippen molar-refractivity contribution in [1.29, 1.82) is 0 Å². The van der Waals surface area contributed by atoms with Crippen LogP contribution in [0.25, 0.3) is 11.1 Å². The Kier molecular flexibility index (Phi) is 6.20. The normalized spacial score (nSPS) is 20.5. The molecule has 0 aromatic heterocycles. The molecule has 144 valence electrons. The molecule has 2 aliphatic heterocycles. The Labute approximate surface area is 163 Å². The fraction of sp³-hybridized carbons (Fsp3) is 0.478. The molecule has 4 heteroatoms. The predicted molar refractivity (Wildman–Crippen MR) is 111 cm³/mol. The molecule has 4 nitrogen and oxygen atoms in total. The minimum absolute atomic E-state index is 0.444. The van der Waals surface area contributed by atoms with E-state index in [2.05, 4.69) is 70.6 Å². The molecule has 1 N–H and O–H groups in total. The van der Waals surface area contributed by atoms with Gasteiger partial charge in [-0.3, -0.25) is 9.80 Å². The van der Waals surface area contributed by atoms with Crippen molar-refractivity contribution in [2.45, 2.75) is 19.5 Å². The Bertz CT molecular complexity index is 719. The largest absolute Gasteiger partial charge is 0.379 e. The van der Waals surface area contributed by atoms with Crippen LogP contribution in [0.5, 0.6) is 0 Å².